The highest BCUT2D eigenvalue weighted by atomic mass is 35.5. The molecule has 4 heteroatoms. The van der Waals surface area contributed by atoms with Crippen molar-refractivity contribution in [1.82, 2.24) is 0 Å². The first kappa shape index (κ1) is 11.0. The molecule has 0 aliphatic rings. The van der Waals surface area contributed by atoms with E-state index in [9.17, 15) is 8.78 Å². The second-order valence-electron chi connectivity index (χ2n) is 2.51. The van der Waals surface area contributed by atoms with Crippen LogP contribution in [-0.4, -0.2) is 12.5 Å². The summed E-state index contributed by atoms with van der Waals surface area (Å²) >= 11 is 5.37. The summed E-state index contributed by atoms with van der Waals surface area (Å²) in [6, 6.07) is 3.17. The van der Waals surface area contributed by atoms with Crippen molar-refractivity contribution in [2.45, 2.75) is 0 Å². The van der Waals surface area contributed by atoms with Gasteiger partial charge in [0.25, 0.3) is 0 Å². The minimum atomic E-state index is -0.704. The van der Waals surface area contributed by atoms with Crippen LogP contribution in [0.1, 0.15) is 0 Å². The molecule has 0 saturated heterocycles. The standard InChI is InChI=1S/C10H9ClF2O/c11-5-1-2-6-14-10-4-3-8(12)7-9(10)13/h1-4,7H,5-6H2. The van der Waals surface area contributed by atoms with Crippen LogP contribution < -0.4 is 4.74 Å². The molecule has 76 valence electrons. The molecule has 0 bridgehead atoms. The predicted octanol–water partition coefficient (Wildman–Crippen LogP) is 3.14. The Kier molecular flexibility index (Phi) is 4.40. The van der Waals surface area contributed by atoms with E-state index < -0.39 is 11.6 Å². The molecule has 0 saturated carbocycles. The lowest BCUT2D eigenvalue weighted by molar-refractivity contribution is 0.340. The largest absolute Gasteiger partial charge is 0.486 e. The molecular formula is C10H9ClF2O. The molecule has 0 aliphatic heterocycles. The Balaban J connectivity index is 2.55. The van der Waals surface area contributed by atoms with Crippen molar-refractivity contribution < 1.29 is 13.5 Å². The minimum absolute atomic E-state index is 0.0330. The fourth-order valence-corrected chi connectivity index (χ4v) is 0.987. The first-order valence-electron chi connectivity index (χ1n) is 4.03. The topological polar surface area (TPSA) is 9.23 Å². The zero-order valence-corrected chi connectivity index (χ0v) is 8.10. The van der Waals surface area contributed by atoms with Gasteiger partial charge in [0, 0.05) is 11.9 Å². The van der Waals surface area contributed by atoms with Crippen molar-refractivity contribution in [3.8, 4) is 5.75 Å². The molecule has 0 atom stereocenters. The normalized spacial score (nSPS) is 10.8. The Morgan fingerprint density at radius 3 is 2.71 bits per heavy atom. The van der Waals surface area contributed by atoms with Gasteiger partial charge in [-0.05, 0) is 12.1 Å². The second kappa shape index (κ2) is 5.60. The molecule has 0 spiro atoms. The van der Waals surface area contributed by atoms with Gasteiger partial charge < -0.3 is 4.74 Å². The summed E-state index contributed by atoms with van der Waals surface area (Å²) in [5.74, 6) is -0.907. The van der Waals surface area contributed by atoms with E-state index >= 15 is 0 Å². The van der Waals surface area contributed by atoms with Gasteiger partial charge in [-0.15, -0.1) is 11.6 Å². The molecule has 1 nitrogen and oxygen atoms in total. The highest BCUT2D eigenvalue weighted by molar-refractivity contribution is 6.18. The zero-order chi connectivity index (χ0) is 10.4. The molecule has 1 rings (SSSR count). The Labute approximate surface area is 85.9 Å². The number of alkyl halides is 1. The van der Waals surface area contributed by atoms with Gasteiger partial charge in [-0.3, -0.25) is 0 Å². The maximum Gasteiger partial charge on any atom is 0.167 e. The number of hydrogen-bond acceptors (Lipinski definition) is 1. The van der Waals surface area contributed by atoms with Gasteiger partial charge in [0.2, 0.25) is 0 Å². The van der Waals surface area contributed by atoms with Gasteiger partial charge in [-0.25, -0.2) is 8.78 Å². The number of benzene rings is 1. The lowest BCUT2D eigenvalue weighted by Crippen LogP contribution is -1.96. The number of rotatable bonds is 4. The van der Waals surface area contributed by atoms with Crippen LogP contribution in [0, 0.1) is 11.6 Å². The molecule has 14 heavy (non-hydrogen) atoms. The van der Waals surface area contributed by atoms with Crippen molar-refractivity contribution in [3.63, 3.8) is 0 Å². The molecule has 0 N–H and O–H groups in total. The molecule has 0 radical (unpaired) electrons. The first-order chi connectivity index (χ1) is 6.74. The summed E-state index contributed by atoms with van der Waals surface area (Å²) in [5, 5.41) is 0. The molecule has 0 aromatic heterocycles. The Bertz CT molecular complexity index is 326. The van der Waals surface area contributed by atoms with Crippen molar-refractivity contribution in [3.05, 3.63) is 42.0 Å². The van der Waals surface area contributed by atoms with Crippen molar-refractivity contribution in [2.24, 2.45) is 0 Å². The van der Waals surface area contributed by atoms with E-state index in [4.69, 9.17) is 16.3 Å². The zero-order valence-electron chi connectivity index (χ0n) is 7.34. The fourth-order valence-electron chi connectivity index (χ4n) is 0.861. The minimum Gasteiger partial charge on any atom is -0.486 e. The number of hydrogen-bond donors (Lipinski definition) is 0. The van der Waals surface area contributed by atoms with Crippen LogP contribution in [-0.2, 0) is 0 Å². The van der Waals surface area contributed by atoms with Gasteiger partial charge >= 0.3 is 0 Å². The Hall–Kier alpha value is -1.09. The van der Waals surface area contributed by atoms with Crippen LogP contribution in [0.4, 0.5) is 8.78 Å². The van der Waals surface area contributed by atoms with Gasteiger partial charge in [-0.2, -0.15) is 0 Å². The third-order valence-electron chi connectivity index (χ3n) is 1.48. The van der Waals surface area contributed by atoms with E-state index in [1.54, 1.807) is 12.2 Å². The monoisotopic (exact) mass is 218 g/mol. The lowest BCUT2D eigenvalue weighted by atomic mass is 10.3. The van der Waals surface area contributed by atoms with Crippen molar-refractivity contribution in [2.75, 3.05) is 12.5 Å². The summed E-state index contributed by atoms with van der Waals surface area (Å²) in [5.41, 5.74) is 0. The van der Waals surface area contributed by atoms with Crippen molar-refractivity contribution in [1.29, 1.82) is 0 Å². The number of ether oxygens (including phenoxy) is 1. The number of halogens is 3. The van der Waals surface area contributed by atoms with Crippen LogP contribution in [0.5, 0.6) is 5.75 Å². The first-order valence-corrected chi connectivity index (χ1v) is 4.56. The van der Waals surface area contributed by atoms with E-state index in [2.05, 4.69) is 0 Å². The molecule has 1 aromatic rings. The molecular weight excluding hydrogens is 210 g/mol. The maximum absolute atomic E-state index is 12.9. The highest BCUT2D eigenvalue weighted by Gasteiger charge is 2.02. The second-order valence-corrected chi connectivity index (χ2v) is 2.82. The van der Waals surface area contributed by atoms with Crippen LogP contribution in [0.15, 0.2) is 30.4 Å². The van der Waals surface area contributed by atoms with E-state index in [1.807, 2.05) is 0 Å². The molecule has 0 fully saturated rings. The summed E-state index contributed by atoms with van der Waals surface area (Å²) in [7, 11) is 0. The van der Waals surface area contributed by atoms with Gasteiger partial charge in [0.05, 0.1) is 0 Å². The summed E-state index contributed by atoms with van der Waals surface area (Å²) in [4.78, 5) is 0. The number of allylic oxidation sites excluding steroid dienone is 1. The van der Waals surface area contributed by atoms with E-state index in [0.29, 0.717) is 5.88 Å². The maximum atomic E-state index is 12.9. The summed E-state index contributed by atoms with van der Waals surface area (Å²) in [6.45, 7) is 0.218. The molecule has 0 heterocycles. The summed E-state index contributed by atoms with van der Waals surface area (Å²) < 4.78 is 30.4. The highest BCUT2D eigenvalue weighted by Crippen LogP contribution is 2.17. The fraction of sp³-hybridized carbons (Fsp3) is 0.200. The molecule has 0 unspecified atom stereocenters. The van der Waals surface area contributed by atoms with Crippen LogP contribution >= 0.6 is 11.6 Å². The third kappa shape index (κ3) is 3.34. The average molecular weight is 219 g/mol. The SMILES string of the molecule is Fc1ccc(OCC=CCCl)c(F)c1. The lowest BCUT2D eigenvalue weighted by Gasteiger charge is -2.03. The van der Waals surface area contributed by atoms with Gasteiger partial charge in [-0.1, -0.05) is 12.2 Å². The molecule has 0 aliphatic carbocycles. The summed E-state index contributed by atoms with van der Waals surface area (Å²) in [6.07, 6.45) is 3.35. The van der Waals surface area contributed by atoms with Crippen LogP contribution in [0.2, 0.25) is 0 Å². The predicted molar refractivity (Wildman–Crippen MR) is 51.7 cm³/mol. The van der Waals surface area contributed by atoms with Crippen molar-refractivity contribution >= 4 is 11.6 Å². The quantitative estimate of drug-likeness (QED) is 0.557. The molecule has 1 aromatic carbocycles. The van der Waals surface area contributed by atoms with Crippen LogP contribution in [0.25, 0.3) is 0 Å². The Morgan fingerprint density at radius 2 is 2.07 bits per heavy atom. The van der Waals surface area contributed by atoms with E-state index in [0.717, 1.165) is 12.1 Å². The van der Waals surface area contributed by atoms with Gasteiger partial charge in [0.1, 0.15) is 12.4 Å². The Morgan fingerprint density at radius 1 is 1.29 bits per heavy atom. The third-order valence-corrected chi connectivity index (χ3v) is 1.66. The smallest absolute Gasteiger partial charge is 0.167 e. The van der Waals surface area contributed by atoms with E-state index in [1.165, 1.54) is 6.07 Å². The molecule has 0 amide bonds. The average Bonchev–Trinajstić information content (AvgIpc) is 2.15. The van der Waals surface area contributed by atoms with E-state index in [-0.39, 0.29) is 12.4 Å². The van der Waals surface area contributed by atoms with Gasteiger partial charge in [0.15, 0.2) is 11.6 Å². The van der Waals surface area contributed by atoms with Crippen LogP contribution in [0.3, 0.4) is 0 Å².